The lowest BCUT2D eigenvalue weighted by molar-refractivity contribution is 0.480. The summed E-state index contributed by atoms with van der Waals surface area (Å²) in [5.74, 6) is 0.0780. The van der Waals surface area contributed by atoms with Gasteiger partial charge in [0.2, 0.25) is 0 Å². The number of nitrogens with two attached hydrogens (primary N) is 2. The highest BCUT2D eigenvalue weighted by Gasteiger charge is 2.17. The van der Waals surface area contributed by atoms with Gasteiger partial charge >= 0.3 is 0 Å². The molecule has 0 aliphatic rings. The van der Waals surface area contributed by atoms with Gasteiger partial charge in [0.15, 0.2) is 0 Å². The predicted molar refractivity (Wildman–Crippen MR) is 188 cm³/mol. The average molecular weight is 610 g/mol. The Morgan fingerprint density at radius 2 is 1.18 bits per heavy atom. The lowest BCUT2D eigenvalue weighted by Crippen LogP contribution is -1.91. The van der Waals surface area contributed by atoms with Crippen molar-refractivity contribution in [2.45, 2.75) is 0 Å². The van der Waals surface area contributed by atoms with Crippen LogP contribution in [0.15, 0.2) is 127 Å². The summed E-state index contributed by atoms with van der Waals surface area (Å²) in [5.41, 5.74) is 18.8. The van der Waals surface area contributed by atoms with Gasteiger partial charge in [0, 0.05) is 28.0 Å². The maximum Gasteiger partial charge on any atom is 0.149 e. The number of nitrogens with zero attached hydrogens (tertiary/aromatic N) is 2. The molecule has 8 heteroatoms. The van der Waals surface area contributed by atoms with E-state index in [1.165, 1.54) is 0 Å². The van der Waals surface area contributed by atoms with Crippen LogP contribution in [0.1, 0.15) is 0 Å². The summed E-state index contributed by atoms with van der Waals surface area (Å²) in [6.07, 6.45) is 0. The van der Waals surface area contributed by atoms with Crippen molar-refractivity contribution in [3.63, 3.8) is 0 Å². The molecule has 0 fully saturated rings. The molecule has 0 aliphatic heterocycles. The molecule has 214 valence electrons. The fraction of sp³-hybridized carbons (Fsp3) is 0. The molecule has 0 aliphatic carbocycles. The largest absolute Gasteiger partial charge is 0.505 e. The number of nitrogen functional groups attached to an aromatic ring is 2. The first-order valence-electron chi connectivity index (χ1n) is 14.0. The second-order valence-corrected chi connectivity index (χ2v) is 12.3. The Bertz CT molecular complexity index is 2180. The number of aromatic hydroxyl groups is 1. The number of fused-ring (bicyclic) bond motifs is 3. The van der Waals surface area contributed by atoms with Gasteiger partial charge in [-0.15, -0.1) is 22.7 Å². The minimum absolute atomic E-state index is 0.0780. The number of hydrogen-bond acceptors (Lipinski definition) is 8. The first kappa shape index (κ1) is 27.4. The van der Waals surface area contributed by atoms with Gasteiger partial charge < -0.3 is 21.9 Å². The van der Waals surface area contributed by atoms with Crippen LogP contribution >= 0.6 is 22.7 Å². The molecule has 0 atom stereocenters. The van der Waals surface area contributed by atoms with Gasteiger partial charge in [-0.1, -0.05) is 54.6 Å². The summed E-state index contributed by atoms with van der Waals surface area (Å²) in [5, 5.41) is 17.6. The van der Waals surface area contributed by atoms with E-state index in [0.29, 0.717) is 11.3 Å². The summed E-state index contributed by atoms with van der Waals surface area (Å²) >= 11 is 3.22. The van der Waals surface area contributed by atoms with Crippen LogP contribution in [-0.2, 0) is 0 Å². The SMILES string of the molecule is Nc1c(O)c(-c2nc3ccccc3s2)cc2cc(-c3nc4ccccc4s3)ccc12.Nc1ccc(Nc2ccccc2)cc1. The Morgan fingerprint density at radius 3 is 1.86 bits per heavy atom. The van der Waals surface area contributed by atoms with E-state index in [0.717, 1.165) is 63.8 Å². The third-order valence-electron chi connectivity index (χ3n) is 7.19. The molecule has 0 unspecified atom stereocenters. The maximum atomic E-state index is 10.8. The number of para-hydroxylation sites is 3. The van der Waals surface area contributed by atoms with Gasteiger partial charge in [-0.25, -0.2) is 9.97 Å². The first-order valence-corrected chi connectivity index (χ1v) is 15.6. The Hall–Kier alpha value is -5.44. The Balaban J connectivity index is 0.000000187. The number of anilines is 4. The van der Waals surface area contributed by atoms with Gasteiger partial charge in [-0.3, -0.25) is 0 Å². The summed E-state index contributed by atoms with van der Waals surface area (Å²) in [6.45, 7) is 0. The highest BCUT2D eigenvalue weighted by molar-refractivity contribution is 7.22. The molecule has 0 bridgehead atoms. The fourth-order valence-electron chi connectivity index (χ4n) is 4.96. The number of thiazole rings is 2. The molecule has 0 amide bonds. The number of nitrogens with one attached hydrogen (secondary N) is 1. The molecule has 6 N–H and O–H groups in total. The van der Waals surface area contributed by atoms with Gasteiger partial charge in [0.05, 0.1) is 31.7 Å². The third kappa shape index (κ3) is 5.51. The van der Waals surface area contributed by atoms with E-state index in [4.69, 9.17) is 21.4 Å². The van der Waals surface area contributed by atoms with E-state index < -0.39 is 0 Å². The predicted octanol–water partition coefficient (Wildman–Crippen LogP) is 9.69. The molecule has 2 aromatic heterocycles. The molecule has 0 saturated heterocycles. The molecule has 6 nitrogen and oxygen atoms in total. The molecule has 8 rings (SSSR count). The monoisotopic (exact) mass is 609 g/mol. The molecule has 0 radical (unpaired) electrons. The number of aromatic nitrogens is 2. The number of benzene rings is 6. The van der Waals surface area contributed by atoms with Crippen LogP contribution in [-0.4, -0.2) is 15.1 Å². The van der Waals surface area contributed by atoms with Crippen molar-refractivity contribution < 1.29 is 5.11 Å². The molecular weight excluding hydrogens is 583 g/mol. The Labute approximate surface area is 261 Å². The fourth-order valence-corrected chi connectivity index (χ4v) is 6.90. The van der Waals surface area contributed by atoms with Crippen LogP contribution in [0.3, 0.4) is 0 Å². The molecule has 44 heavy (non-hydrogen) atoms. The second kappa shape index (κ2) is 11.7. The first-order chi connectivity index (χ1) is 21.5. The number of phenolic OH excluding ortho intramolecular Hbond substituents is 1. The number of phenols is 1. The van der Waals surface area contributed by atoms with Crippen molar-refractivity contribution in [2.24, 2.45) is 0 Å². The topological polar surface area (TPSA) is 110 Å². The zero-order chi connectivity index (χ0) is 30.0. The second-order valence-electron chi connectivity index (χ2n) is 10.2. The standard InChI is InChI=1S/C24H15N3OS2.C12H12N2/c25-21-15-10-9-13(23-26-17-5-1-3-7-19(17)29-23)11-14(15)12-16(22(21)28)24-27-18-6-2-4-8-20(18)30-24;13-10-6-8-12(9-7-10)14-11-4-2-1-3-5-11/h1-12,28H,25H2;1-9,14H,13H2. The van der Waals surface area contributed by atoms with E-state index in [9.17, 15) is 5.11 Å². The Kier molecular flexibility index (Phi) is 7.27. The van der Waals surface area contributed by atoms with Crippen LogP contribution < -0.4 is 16.8 Å². The van der Waals surface area contributed by atoms with Gasteiger partial charge in [0.25, 0.3) is 0 Å². The Morgan fingerprint density at radius 1 is 0.591 bits per heavy atom. The van der Waals surface area contributed by atoms with E-state index in [2.05, 4.69) is 17.4 Å². The lowest BCUT2D eigenvalue weighted by atomic mass is 10.0. The highest BCUT2D eigenvalue weighted by Crippen LogP contribution is 2.43. The average Bonchev–Trinajstić information content (AvgIpc) is 3.69. The van der Waals surface area contributed by atoms with Crippen molar-refractivity contribution in [3.8, 4) is 26.9 Å². The van der Waals surface area contributed by atoms with Gasteiger partial charge in [0.1, 0.15) is 15.8 Å². The van der Waals surface area contributed by atoms with Crippen LogP contribution in [0, 0.1) is 0 Å². The molecular formula is C36H27N5OS2. The number of rotatable bonds is 4. The molecule has 8 aromatic rings. The maximum absolute atomic E-state index is 10.8. The van der Waals surface area contributed by atoms with Crippen molar-refractivity contribution in [2.75, 3.05) is 16.8 Å². The van der Waals surface area contributed by atoms with Crippen molar-refractivity contribution >= 4 is 76.6 Å². The van der Waals surface area contributed by atoms with E-state index in [1.807, 2.05) is 115 Å². The van der Waals surface area contributed by atoms with E-state index in [-0.39, 0.29) is 5.75 Å². The molecule has 0 saturated carbocycles. The van der Waals surface area contributed by atoms with E-state index >= 15 is 0 Å². The normalized spacial score (nSPS) is 11.0. The smallest absolute Gasteiger partial charge is 0.149 e. The summed E-state index contributed by atoms with van der Waals surface area (Å²) < 4.78 is 2.24. The third-order valence-corrected chi connectivity index (χ3v) is 9.35. The van der Waals surface area contributed by atoms with Crippen molar-refractivity contribution in [3.05, 3.63) is 127 Å². The van der Waals surface area contributed by atoms with E-state index in [1.54, 1.807) is 22.7 Å². The zero-order valence-corrected chi connectivity index (χ0v) is 25.1. The zero-order valence-electron chi connectivity index (χ0n) is 23.4. The quantitative estimate of drug-likeness (QED) is 0.117. The molecule has 0 spiro atoms. The van der Waals surface area contributed by atoms with Crippen LogP contribution in [0.25, 0.3) is 52.3 Å². The van der Waals surface area contributed by atoms with Crippen LogP contribution in [0.4, 0.5) is 22.7 Å². The van der Waals surface area contributed by atoms with Gasteiger partial charge in [-0.05, 0) is 78.2 Å². The minimum atomic E-state index is 0.0780. The minimum Gasteiger partial charge on any atom is -0.505 e. The molecule has 6 aromatic carbocycles. The van der Waals surface area contributed by atoms with Crippen LogP contribution in [0.5, 0.6) is 5.75 Å². The summed E-state index contributed by atoms with van der Waals surface area (Å²) in [6, 6.07) is 41.8. The summed E-state index contributed by atoms with van der Waals surface area (Å²) in [4.78, 5) is 9.46. The van der Waals surface area contributed by atoms with Crippen LogP contribution in [0.2, 0.25) is 0 Å². The lowest BCUT2D eigenvalue weighted by Gasteiger charge is -2.10. The van der Waals surface area contributed by atoms with Gasteiger partial charge in [-0.2, -0.15) is 0 Å². The summed E-state index contributed by atoms with van der Waals surface area (Å²) in [7, 11) is 0. The number of hydrogen-bond donors (Lipinski definition) is 4. The molecule has 2 heterocycles. The van der Waals surface area contributed by atoms with Crippen molar-refractivity contribution in [1.82, 2.24) is 9.97 Å². The highest BCUT2D eigenvalue weighted by atomic mass is 32.1. The van der Waals surface area contributed by atoms with Crippen molar-refractivity contribution in [1.29, 1.82) is 0 Å².